The molecule has 1 saturated heterocycles. The van der Waals surface area contributed by atoms with Crippen LogP contribution in [-0.2, 0) is 24.8 Å². The maximum absolute atomic E-state index is 14.8. The molecule has 9 nitrogen and oxygen atoms in total. The number of aliphatic hydroxyl groups is 1. The molecule has 3 rings (SSSR count). The Morgan fingerprint density at radius 1 is 1.47 bits per heavy atom. The lowest BCUT2D eigenvalue weighted by Crippen LogP contribution is -2.65. The number of anilines is 1. The molecule has 164 valence electrons. The van der Waals surface area contributed by atoms with E-state index >= 15 is 0 Å². The van der Waals surface area contributed by atoms with E-state index in [2.05, 4.69) is 4.98 Å². The molecule has 0 spiro atoms. The van der Waals surface area contributed by atoms with Gasteiger partial charge in [-0.05, 0) is 12.1 Å². The number of Topliss-reactive ketones (excluding diaryl/α,β-unsaturated/α-hetero) is 1. The van der Waals surface area contributed by atoms with Crippen LogP contribution in [0.25, 0.3) is 0 Å². The summed E-state index contributed by atoms with van der Waals surface area (Å²) in [5.74, 6) is -1.48. The number of ether oxygens (including phenoxy) is 2. The largest absolute Gasteiger partial charge is 0.462 e. The van der Waals surface area contributed by atoms with Crippen LogP contribution in [0.2, 0.25) is 0 Å². The first kappa shape index (κ1) is 22.4. The maximum atomic E-state index is 14.8. The zero-order chi connectivity index (χ0) is 22.1. The second-order valence-corrected chi connectivity index (χ2v) is 8.52. The highest BCUT2D eigenvalue weighted by atomic mass is 32.2. The van der Waals surface area contributed by atoms with Crippen molar-refractivity contribution in [3.8, 4) is 0 Å². The highest BCUT2D eigenvalue weighted by Gasteiger charge is 2.58. The van der Waals surface area contributed by atoms with Crippen LogP contribution < -0.4 is 11.4 Å². The number of fused-ring (bicyclic) bond motifs is 1. The third-order valence-corrected chi connectivity index (χ3v) is 6.06. The Morgan fingerprint density at radius 3 is 2.80 bits per heavy atom. The van der Waals surface area contributed by atoms with Crippen LogP contribution >= 0.6 is 11.8 Å². The Bertz CT molecular complexity index is 907. The van der Waals surface area contributed by atoms with Gasteiger partial charge < -0.3 is 20.3 Å². The van der Waals surface area contributed by atoms with Crippen LogP contribution in [0.3, 0.4) is 0 Å². The SMILES string of the molecule is CC(C)C(=O)CSCC(=O)OC[C@H]1O[C@]2(n3ccc(N)nc3=O)C=CC2[C@@H](F)[C@H]1O. The van der Waals surface area contributed by atoms with Crippen molar-refractivity contribution in [2.45, 2.75) is 38.0 Å². The number of aromatic nitrogens is 2. The Hall–Kier alpha value is -2.24. The van der Waals surface area contributed by atoms with Gasteiger partial charge in [-0.25, -0.2) is 9.18 Å². The molecular formula is C19H24FN3O6S. The van der Waals surface area contributed by atoms with E-state index in [1.807, 2.05) is 0 Å². The second kappa shape index (κ2) is 8.86. The highest BCUT2D eigenvalue weighted by molar-refractivity contribution is 8.00. The number of halogens is 1. The fourth-order valence-electron chi connectivity index (χ4n) is 3.28. The fraction of sp³-hybridized carbons (Fsp3) is 0.579. The zero-order valence-electron chi connectivity index (χ0n) is 16.6. The number of hydrogen-bond acceptors (Lipinski definition) is 9. The standard InChI is InChI=1S/C19H24FN3O6S/c1-10(2)12(24)8-30-9-15(25)28-7-13-17(26)16(20)11-3-5-19(11,29-13)23-6-4-14(21)22-18(23)27/h3-6,10-11,13,16-17,26H,7-9H2,1-2H3,(H2,21,22,27)/t11?,13-,16-,17+,19-/m1/s1. The summed E-state index contributed by atoms with van der Waals surface area (Å²) >= 11 is 1.12. The van der Waals surface area contributed by atoms with Crippen LogP contribution in [0.1, 0.15) is 13.8 Å². The lowest BCUT2D eigenvalue weighted by molar-refractivity contribution is -0.259. The molecule has 30 heavy (non-hydrogen) atoms. The Labute approximate surface area is 176 Å². The number of thioether (sulfide) groups is 1. The number of carbonyl (C=O) groups is 2. The van der Waals surface area contributed by atoms with Crippen molar-refractivity contribution in [3.05, 3.63) is 34.9 Å². The molecule has 1 aliphatic heterocycles. The predicted molar refractivity (Wildman–Crippen MR) is 107 cm³/mol. The Morgan fingerprint density at radius 2 is 2.20 bits per heavy atom. The number of nitrogen functional groups attached to an aromatic ring is 1. The minimum absolute atomic E-state index is 0.0130. The van der Waals surface area contributed by atoms with E-state index in [0.29, 0.717) is 0 Å². The lowest BCUT2D eigenvalue weighted by atomic mass is 9.75. The normalized spacial score (nSPS) is 29.9. The number of nitrogens with zero attached hydrogens (tertiary/aromatic N) is 2. The molecular weight excluding hydrogens is 417 g/mol. The van der Waals surface area contributed by atoms with Gasteiger partial charge in [0, 0.05) is 12.1 Å². The minimum Gasteiger partial charge on any atom is -0.462 e. The molecule has 2 aliphatic rings. The smallest absolute Gasteiger partial charge is 0.352 e. The third kappa shape index (κ3) is 4.28. The molecule has 0 bridgehead atoms. The van der Waals surface area contributed by atoms with Crippen molar-refractivity contribution in [2.75, 3.05) is 23.8 Å². The van der Waals surface area contributed by atoms with Gasteiger partial charge in [0.15, 0.2) is 5.72 Å². The number of hydrogen-bond donors (Lipinski definition) is 2. The molecule has 1 fully saturated rings. The average molecular weight is 441 g/mol. The van der Waals surface area contributed by atoms with Gasteiger partial charge in [-0.3, -0.25) is 14.2 Å². The van der Waals surface area contributed by atoms with Crippen molar-refractivity contribution in [2.24, 2.45) is 11.8 Å². The van der Waals surface area contributed by atoms with E-state index in [1.165, 1.54) is 24.4 Å². The molecule has 1 aromatic heterocycles. The number of carbonyl (C=O) groups excluding carboxylic acids is 2. The van der Waals surface area contributed by atoms with Crippen molar-refractivity contribution in [3.63, 3.8) is 0 Å². The Kier molecular flexibility index (Phi) is 6.63. The van der Waals surface area contributed by atoms with Gasteiger partial charge in [0.05, 0.1) is 17.4 Å². The maximum Gasteiger partial charge on any atom is 0.352 e. The molecule has 0 radical (unpaired) electrons. The number of alkyl halides is 1. The molecule has 1 aromatic rings. The van der Waals surface area contributed by atoms with Gasteiger partial charge in [-0.1, -0.05) is 19.9 Å². The minimum atomic E-state index is -1.74. The first-order valence-corrected chi connectivity index (χ1v) is 10.6. The van der Waals surface area contributed by atoms with E-state index in [0.717, 1.165) is 16.3 Å². The number of ketones is 1. The van der Waals surface area contributed by atoms with Crippen molar-refractivity contribution < 1.29 is 28.6 Å². The van der Waals surface area contributed by atoms with E-state index in [-0.39, 0.29) is 29.0 Å². The quantitative estimate of drug-likeness (QED) is 0.430. The van der Waals surface area contributed by atoms with Crippen LogP contribution in [0.15, 0.2) is 29.2 Å². The molecule has 0 saturated carbocycles. The van der Waals surface area contributed by atoms with Gasteiger partial charge in [-0.2, -0.15) is 4.98 Å². The summed E-state index contributed by atoms with van der Waals surface area (Å²) in [5.41, 5.74) is 3.30. The Balaban J connectivity index is 1.65. The van der Waals surface area contributed by atoms with E-state index < -0.39 is 48.3 Å². The van der Waals surface area contributed by atoms with Crippen LogP contribution in [0.4, 0.5) is 10.2 Å². The summed E-state index contributed by atoms with van der Waals surface area (Å²) in [5, 5.41) is 10.3. The summed E-state index contributed by atoms with van der Waals surface area (Å²) < 4.78 is 26.9. The zero-order valence-corrected chi connectivity index (χ0v) is 17.4. The lowest BCUT2D eigenvalue weighted by Gasteiger charge is -2.52. The average Bonchev–Trinajstić information content (AvgIpc) is 2.66. The van der Waals surface area contributed by atoms with Gasteiger partial charge in [0.1, 0.15) is 36.6 Å². The number of nitrogens with two attached hydrogens (primary N) is 1. The molecule has 0 amide bonds. The topological polar surface area (TPSA) is 134 Å². The van der Waals surface area contributed by atoms with Crippen LogP contribution in [0.5, 0.6) is 0 Å². The van der Waals surface area contributed by atoms with Crippen LogP contribution in [-0.4, -0.2) is 62.9 Å². The first-order valence-electron chi connectivity index (χ1n) is 9.46. The molecule has 11 heteroatoms. The van der Waals surface area contributed by atoms with Gasteiger partial charge >= 0.3 is 11.7 Å². The van der Waals surface area contributed by atoms with Gasteiger partial charge in [0.2, 0.25) is 0 Å². The summed E-state index contributed by atoms with van der Waals surface area (Å²) in [6.45, 7) is 3.14. The fourth-order valence-corrected chi connectivity index (χ4v) is 4.17. The van der Waals surface area contributed by atoms with E-state index in [9.17, 15) is 23.9 Å². The molecule has 1 unspecified atom stereocenters. The van der Waals surface area contributed by atoms with Crippen molar-refractivity contribution >= 4 is 29.3 Å². The van der Waals surface area contributed by atoms with E-state index in [4.69, 9.17) is 15.2 Å². The number of aliphatic hydroxyl groups excluding tert-OH is 1. The first-order chi connectivity index (χ1) is 14.2. The number of rotatable bonds is 8. The summed E-state index contributed by atoms with van der Waals surface area (Å²) in [6.07, 6.45) is -0.143. The monoisotopic (exact) mass is 441 g/mol. The highest BCUT2D eigenvalue weighted by Crippen LogP contribution is 2.47. The summed E-state index contributed by atoms with van der Waals surface area (Å²) in [7, 11) is 0. The third-order valence-electron chi connectivity index (χ3n) is 5.13. The van der Waals surface area contributed by atoms with Crippen LogP contribution in [0, 0.1) is 11.8 Å². The molecule has 5 atom stereocenters. The van der Waals surface area contributed by atoms with Crippen molar-refractivity contribution in [1.82, 2.24) is 9.55 Å². The summed E-state index contributed by atoms with van der Waals surface area (Å²) in [6, 6.07) is 1.38. The van der Waals surface area contributed by atoms with Gasteiger partial charge in [0.25, 0.3) is 0 Å². The van der Waals surface area contributed by atoms with Crippen molar-refractivity contribution in [1.29, 1.82) is 0 Å². The molecule has 3 N–H and O–H groups in total. The van der Waals surface area contributed by atoms with Gasteiger partial charge in [-0.15, -0.1) is 11.8 Å². The van der Waals surface area contributed by atoms with E-state index in [1.54, 1.807) is 13.8 Å². The molecule has 1 aliphatic carbocycles. The molecule has 0 aromatic carbocycles. The number of esters is 1. The summed E-state index contributed by atoms with van der Waals surface area (Å²) in [4.78, 5) is 39.4. The second-order valence-electron chi connectivity index (χ2n) is 7.53. The molecule has 2 heterocycles. The predicted octanol–water partition coefficient (Wildman–Crippen LogP) is 0.264.